The first-order chi connectivity index (χ1) is 13.5. The zero-order valence-electron chi connectivity index (χ0n) is 15.6. The summed E-state index contributed by atoms with van der Waals surface area (Å²) in [5.74, 6) is 0.856. The van der Waals surface area contributed by atoms with Crippen LogP contribution in [0.15, 0.2) is 67.0 Å². The summed E-state index contributed by atoms with van der Waals surface area (Å²) in [6.07, 6.45) is 3.32. The Morgan fingerprint density at radius 3 is 2.54 bits per heavy atom. The summed E-state index contributed by atoms with van der Waals surface area (Å²) < 4.78 is 0. The largest absolute Gasteiger partial charge is 0.505 e. The van der Waals surface area contributed by atoms with Crippen molar-refractivity contribution in [3.8, 4) is 5.75 Å². The number of anilines is 1. The monoisotopic (exact) mass is 389 g/mol. The molecule has 4 aromatic rings. The summed E-state index contributed by atoms with van der Waals surface area (Å²) in [4.78, 5) is 8.75. The first kappa shape index (κ1) is 18.3. The SMILES string of the molecule is Cc1ccc(C(Nc2cc(C)c(Cl)cn2)c2ccc3cccnc3c2O)cc1. The molecule has 4 nitrogen and oxygen atoms in total. The highest BCUT2D eigenvalue weighted by molar-refractivity contribution is 6.31. The van der Waals surface area contributed by atoms with Crippen LogP contribution in [0.4, 0.5) is 5.82 Å². The fourth-order valence-electron chi connectivity index (χ4n) is 3.24. The van der Waals surface area contributed by atoms with Crippen molar-refractivity contribution in [3.63, 3.8) is 0 Å². The van der Waals surface area contributed by atoms with E-state index in [0.29, 0.717) is 16.4 Å². The van der Waals surface area contributed by atoms with Gasteiger partial charge in [-0.3, -0.25) is 4.98 Å². The Balaban J connectivity index is 1.84. The molecular formula is C23H20ClN3O. The van der Waals surface area contributed by atoms with Crippen molar-refractivity contribution in [1.29, 1.82) is 0 Å². The number of pyridine rings is 2. The molecule has 0 saturated carbocycles. The molecule has 0 radical (unpaired) electrons. The molecule has 2 aromatic heterocycles. The molecule has 0 aliphatic heterocycles. The first-order valence-corrected chi connectivity index (χ1v) is 9.42. The first-order valence-electron chi connectivity index (χ1n) is 9.05. The molecule has 0 fully saturated rings. The Morgan fingerprint density at radius 2 is 1.79 bits per heavy atom. The molecule has 0 aliphatic rings. The number of fused-ring (bicyclic) bond motifs is 1. The molecule has 0 bridgehead atoms. The number of hydrogen-bond donors (Lipinski definition) is 2. The van der Waals surface area contributed by atoms with Gasteiger partial charge in [-0.1, -0.05) is 59.6 Å². The van der Waals surface area contributed by atoms with Gasteiger partial charge in [0, 0.05) is 23.3 Å². The van der Waals surface area contributed by atoms with E-state index in [2.05, 4.69) is 39.6 Å². The van der Waals surface area contributed by atoms with Crippen molar-refractivity contribution in [2.45, 2.75) is 19.9 Å². The van der Waals surface area contributed by atoms with Crippen LogP contribution in [0.25, 0.3) is 10.9 Å². The van der Waals surface area contributed by atoms with E-state index in [9.17, 15) is 5.11 Å². The number of hydrogen-bond acceptors (Lipinski definition) is 4. The topological polar surface area (TPSA) is 58.0 Å². The standard InChI is InChI=1S/C23H20ClN3O/c1-14-5-7-17(8-6-14)21(27-20-12-15(2)19(24)13-26-20)18-10-9-16-4-3-11-25-22(16)23(18)28/h3-13,21,28H,1-2H3,(H,26,27). The maximum Gasteiger partial charge on any atom is 0.147 e. The van der Waals surface area contributed by atoms with Crippen molar-refractivity contribution in [2.75, 3.05) is 5.32 Å². The Morgan fingerprint density at radius 1 is 1.00 bits per heavy atom. The fourth-order valence-corrected chi connectivity index (χ4v) is 3.35. The van der Waals surface area contributed by atoms with Crippen LogP contribution in [-0.2, 0) is 0 Å². The zero-order chi connectivity index (χ0) is 19.7. The lowest BCUT2D eigenvalue weighted by Gasteiger charge is -2.22. The number of halogens is 1. The summed E-state index contributed by atoms with van der Waals surface area (Å²) in [7, 11) is 0. The molecule has 1 atom stereocenters. The lowest BCUT2D eigenvalue weighted by atomic mass is 9.95. The molecule has 0 saturated heterocycles. The van der Waals surface area contributed by atoms with Crippen molar-refractivity contribution < 1.29 is 5.11 Å². The second-order valence-electron chi connectivity index (χ2n) is 6.89. The van der Waals surface area contributed by atoms with Gasteiger partial charge < -0.3 is 10.4 Å². The summed E-state index contributed by atoms with van der Waals surface area (Å²) in [5.41, 5.74) is 4.45. The minimum absolute atomic E-state index is 0.168. The fraction of sp³-hybridized carbons (Fsp3) is 0.130. The zero-order valence-corrected chi connectivity index (χ0v) is 16.4. The van der Waals surface area contributed by atoms with Gasteiger partial charge in [0.15, 0.2) is 0 Å². The van der Waals surface area contributed by atoms with Gasteiger partial charge in [0.25, 0.3) is 0 Å². The lowest BCUT2D eigenvalue weighted by Crippen LogP contribution is -2.14. The second-order valence-corrected chi connectivity index (χ2v) is 7.29. The van der Waals surface area contributed by atoms with Gasteiger partial charge in [0.1, 0.15) is 17.1 Å². The van der Waals surface area contributed by atoms with E-state index in [4.69, 9.17) is 11.6 Å². The highest BCUT2D eigenvalue weighted by atomic mass is 35.5. The second kappa shape index (κ2) is 7.49. The minimum Gasteiger partial charge on any atom is -0.505 e. The Bertz CT molecular complexity index is 1140. The average Bonchev–Trinajstić information content (AvgIpc) is 2.70. The van der Waals surface area contributed by atoms with E-state index in [1.807, 2.05) is 44.2 Å². The van der Waals surface area contributed by atoms with Gasteiger partial charge in [0.2, 0.25) is 0 Å². The molecule has 0 spiro atoms. The van der Waals surface area contributed by atoms with Crippen LogP contribution in [0.1, 0.15) is 28.3 Å². The summed E-state index contributed by atoms with van der Waals surface area (Å²) in [6, 6.07) is 17.5. The van der Waals surface area contributed by atoms with E-state index >= 15 is 0 Å². The van der Waals surface area contributed by atoms with Crippen LogP contribution in [-0.4, -0.2) is 15.1 Å². The highest BCUT2D eigenvalue weighted by Gasteiger charge is 2.20. The Labute approximate surface area is 168 Å². The quantitative estimate of drug-likeness (QED) is 0.462. The van der Waals surface area contributed by atoms with E-state index in [1.54, 1.807) is 12.4 Å². The van der Waals surface area contributed by atoms with E-state index < -0.39 is 0 Å². The van der Waals surface area contributed by atoms with Crippen LogP contribution >= 0.6 is 11.6 Å². The van der Waals surface area contributed by atoms with Crippen LogP contribution in [0, 0.1) is 13.8 Å². The molecule has 140 valence electrons. The van der Waals surface area contributed by atoms with Crippen LogP contribution in [0.5, 0.6) is 5.75 Å². The third-order valence-corrected chi connectivity index (χ3v) is 5.24. The molecule has 1 unspecified atom stereocenters. The van der Waals surface area contributed by atoms with Gasteiger partial charge >= 0.3 is 0 Å². The van der Waals surface area contributed by atoms with Crippen molar-refractivity contribution >= 4 is 28.3 Å². The van der Waals surface area contributed by atoms with Crippen LogP contribution in [0.2, 0.25) is 5.02 Å². The highest BCUT2D eigenvalue weighted by Crippen LogP contribution is 2.36. The normalized spacial score (nSPS) is 12.1. The molecule has 2 heterocycles. The van der Waals surface area contributed by atoms with Crippen LogP contribution < -0.4 is 5.32 Å². The molecule has 5 heteroatoms. The number of aryl methyl sites for hydroxylation is 2. The average molecular weight is 390 g/mol. The van der Waals surface area contributed by atoms with Gasteiger partial charge in [-0.25, -0.2) is 4.98 Å². The molecule has 2 N–H and O–H groups in total. The number of benzene rings is 2. The minimum atomic E-state index is -0.292. The third kappa shape index (κ3) is 3.51. The number of aromatic nitrogens is 2. The van der Waals surface area contributed by atoms with Gasteiger partial charge in [-0.2, -0.15) is 0 Å². The van der Waals surface area contributed by atoms with Gasteiger partial charge in [-0.05, 0) is 37.1 Å². The number of phenols is 1. The van der Waals surface area contributed by atoms with Crippen molar-refractivity contribution in [1.82, 2.24) is 9.97 Å². The van der Waals surface area contributed by atoms with Gasteiger partial charge in [-0.15, -0.1) is 0 Å². The molecule has 4 rings (SSSR count). The Kier molecular flexibility index (Phi) is 4.88. The van der Waals surface area contributed by atoms with E-state index in [0.717, 1.165) is 22.1 Å². The van der Waals surface area contributed by atoms with Crippen molar-refractivity contribution in [2.24, 2.45) is 0 Å². The molecule has 0 amide bonds. The van der Waals surface area contributed by atoms with Crippen molar-refractivity contribution in [3.05, 3.63) is 94.3 Å². The number of aromatic hydroxyl groups is 1. The molecule has 2 aromatic carbocycles. The van der Waals surface area contributed by atoms with Gasteiger partial charge in [0.05, 0.1) is 11.1 Å². The summed E-state index contributed by atoms with van der Waals surface area (Å²) in [5, 5.41) is 15.9. The summed E-state index contributed by atoms with van der Waals surface area (Å²) >= 11 is 6.12. The maximum atomic E-state index is 11.0. The van der Waals surface area contributed by atoms with E-state index in [-0.39, 0.29) is 11.8 Å². The summed E-state index contributed by atoms with van der Waals surface area (Å²) in [6.45, 7) is 3.99. The number of nitrogens with zero attached hydrogens (tertiary/aromatic N) is 2. The predicted octanol–water partition coefficient (Wildman–Crippen LogP) is 5.81. The number of phenolic OH excluding ortho intramolecular Hbond substituents is 1. The lowest BCUT2D eigenvalue weighted by molar-refractivity contribution is 0.471. The Hall–Kier alpha value is -3.11. The predicted molar refractivity (Wildman–Crippen MR) is 114 cm³/mol. The molecular weight excluding hydrogens is 370 g/mol. The van der Waals surface area contributed by atoms with E-state index in [1.165, 1.54) is 5.56 Å². The van der Waals surface area contributed by atoms with Crippen LogP contribution in [0.3, 0.4) is 0 Å². The molecule has 28 heavy (non-hydrogen) atoms. The number of rotatable bonds is 4. The smallest absolute Gasteiger partial charge is 0.147 e. The maximum absolute atomic E-state index is 11.0. The number of nitrogens with one attached hydrogen (secondary N) is 1. The molecule has 0 aliphatic carbocycles. The third-order valence-electron chi connectivity index (χ3n) is 4.84.